The van der Waals surface area contributed by atoms with Gasteiger partial charge in [-0.1, -0.05) is 0 Å². The van der Waals surface area contributed by atoms with Gasteiger partial charge in [0.05, 0.1) is 5.41 Å². The number of likely N-dealkylation sites (N-methyl/N-ethyl adjacent to an activating group) is 2. The summed E-state index contributed by atoms with van der Waals surface area (Å²) in [5, 5.41) is 14.3. The predicted octanol–water partition coefficient (Wildman–Crippen LogP) is -0.745. The van der Waals surface area contributed by atoms with E-state index in [9.17, 15) is 19.5 Å². The van der Waals surface area contributed by atoms with Crippen LogP contribution >= 0.6 is 0 Å². The quantitative estimate of drug-likeness (QED) is 0.617. The standard InChI is InChI=1S/C12H21N3O5/c1-13-9(16)7-15(2)11(19)14-8-12(10(17)18)3-5-20-6-4-12/h3-8H2,1-2H3,(H,13,16)(H,14,19)(H,17,18). The van der Waals surface area contributed by atoms with E-state index in [1.54, 1.807) is 0 Å². The van der Waals surface area contributed by atoms with Crippen LogP contribution in [0.2, 0.25) is 0 Å². The Balaban J connectivity index is 2.53. The van der Waals surface area contributed by atoms with Gasteiger partial charge in [0, 0.05) is 33.9 Å². The molecule has 8 nitrogen and oxygen atoms in total. The number of carbonyl (C=O) groups excluding carboxylic acids is 2. The number of nitrogens with one attached hydrogen (secondary N) is 2. The molecule has 1 fully saturated rings. The SMILES string of the molecule is CNC(=O)CN(C)C(=O)NCC1(C(=O)O)CCOCC1. The van der Waals surface area contributed by atoms with Crippen LogP contribution in [-0.4, -0.2) is 68.3 Å². The van der Waals surface area contributed by atoms with Crippen molar-refractivity contribution in [2.75, 3.05) is 40.4 Å². The zero-order valence-electron chi connectivity index (χ0n) is 11.8. The fourth-order valence-corrected chi connectivity index (χ4v) is 1.97. The summed E-state index contributed by atoms with van der Waals surface area (Å²) in [5.74, 6) is -1.23. The van der Waals surface area contributed by atoms with Crippen LogP contribution in [0.25, 0.3) is 0 Å². The molecule has 0 aliphatic carbocycles. The predicted molar refractivity (Wildman–Crippen MR) is 70.2 cm³/mol. The zero-order chi connectivity index (χ0) is 15.2. The number of hydrogen-bond acceptors (Lipinski definition) is 4. The third-order valence-corrected chi connectivity index (χ3v) is 3.49. The Labute approximate surface area is 117 Å². The Morgan fingerprint density at radius 1 is 1.30 bits per heavy atom. The number of carboxylic acid groups (broad SMARTS) is 1. The molecule has 0 spiro atoms. The van der Waals surface area contributed by atoms with E-state index in [0.29, 0.717) is 26.1 Å². The van der Waals surface area contributed by atoms with Crippen molar-refractivity contribution in [2.24, 2.45) is 5.41 Å². The summed E-state index contributed by atoms with van der Waals surface area (Å²) in [6, 6.07) is -0.472. The lowest BCUT2D eigenvalue weighted by Crippen LogP contribution is -2.50. The molecular weight excluding hydrogens is 266 g/mol. The molecule has 1 rings (SSSR count). The van der Waals surface area contributed by atoms with Gasteiger partial charge in [-0.15, -0.1) is 0 Å². The lowest BCUT2D eigenvalue weighted by molar-refractivity contribution is -0.154. The lowest BCUT2D eigenvalue weighted by atomic mass is 9.80. The van der Waals surface area contributed by atoms with E-state index in [2.05, 4.69) is 10.6 Å². The normalized spacial score (nSPS) is 17.1. The number of aliphatic carboxylic acids is 1. The second kappa shape index (κ2) is 7.09. The maximum atomic E-state index is 11.8. The highest BCUT2D eigenvalue weighted by atomic mass is 16.5. The van der Waals surface area contributed by atoms with Gasteiger partial charge < -0.3 is 25.4 Å². The molecule has 0 saturated carbocycles. The third kappa shape index (κ3) is 4.09. The number of nitrogens with zero attached hydrogens (tertiary/aromatic N) is 1. The van der Waals surface area contributed by atoms with Crippen molar-refractivity contribution in [3.8, 4) is 0 Å². The van der Waals surface area contributed by atoms with Gasteiger partial charge in [0.1, 0.15) is 6.54 Å². The fraction of sp³-hybridized carbons (Fsp3) is 0.750. The second-order valence-corrected chi connectivity index (χ2v) is 4.89. The summed E-state index contributed by atoms with van der Waals surface area (Å²) >= 11 is 0. The van der Waals surface area contributed by atoms with E-state index in [1.807, 2.05) is 0 Å². The minimum atomic E-state index is -0.984. The van der Waals surface area contributed by atoms with Crippen LogP contribution in [0.3, 0.4) is 0 Å². The summed E-state index contributed by atoms with van der Waals surface area (Å²) < 4.78 is 5.16. The Hall–Kier alpha value is -1.83. The molecule has 3 N–H and O–H groups in total. The summed E-state index contributed by atoms with van der Waals surface area (Å²) in [6.45, 7) is 0.695. The molecule has 1 aliphatic heterocycles. The van der Waals surface area contributed by atoms with E-state index < -0.39 is 17.4 Å². The molecule has 3 amide bonds. The number of carboxylic acids is 1. The molecule has 20 heavy (non-hydrogen) atoms. The first-order valence-electron chi connectivity index (χ1n) is 6.42. The van der Waals surface area contributed by atoms with Gasteiger partial charge >= 0.3 is 12.0 Å². The monoisotopic (exact) mass is 287 g/mol. The zero-order valence-corrected chi connectivity index (χ0v) is 11.8. The Morgan fingerprint density at radius 2 is 1.90 bits per heavy atom. The van der Waals surface area contributed by atoms with Gasteiger partial charge in [-0.05, 0) is 12.8 Å². The molecule has 0 atom stereocenters. The molecule has 0 unspecified atom stereocenters. The Bertz CT molecular complexity index is 379. The number of rotatable bonds is 5. The lowest BCUT2D eigenvalue weighted by Gasteiger charge is -2.33. The van der Waals surface area contributed by atoms with Crippen LogP contribution < -0.4 is 10.6 Å². The number of hydrogen-bond donors (Lipinski definition) is 3. The van der Waals surface area contributed by atoms with Crippen LogP contribution in [0.1, 0.15) is 12.8 Å². The van der Waals surface area contributed by atoms with Crippen molar-refractivity contribution in [1.29, 1.82) is 0 Å². The van der Waals surface area contributed by atoms with E-state index in [-0.39, 0.29) is 19.0 Å². The molecule has 0 aromatic rings. The molecule has 0 aromatic carbocycles. The van der Waals surface area contributed by atoms with Gasteiger partial charge in [-0.25, -0.2) is 4.79 Å². The molecule has 0 bridgehead atoms. The molecule has 8 heteroatoms. The van der Waals surface area contributed by atoms with Gasteiger partial charge in [-0.2, -0.15) is 0 Å². The van der Waals surface area contributed by atoms with E-state index >= 15 is 0 Å². The van der Waals surface area contributed by atoms with Crippen LogP contribution in [-0.2, 0) is 14.3 Å². The highest BCUT2D eigenvalue weighted by Gasteiger charge is 2.40. The van der Waals surface area contributed by atoms with Gasteiger partial charge in [0.25, 0.3) is 0 Å². The molecular formula is C12H21N3O5. The van der Waals surface area contributed by atoms with E-state index in [4.69, 9.17) is 4.74 Å². The number of amides is 3. The second-order valence-electron chi connectivity index (χ2n) is 4.89. The summed E-state index contributed by atoms with van der Waals surface area (Å²) in [5.41, 5.74) is -0.984. The molecule has 0 aromatic heterocycles. The Morgan fingerprint density at radius 3 is 2.40 bits per heavy atom. The maximum absolute atomic E-state index is 11.8. The molecule has 1 heterocycles. The molecule has 1 saturated heterocycles. The summed E-state index contributed by atoms with van der Waals surface area (Å²) in [6.07, 6.45) is 0.726. The number of ether oxygens (including phenoxy) is 1. The van der Waals surface area contributed by atoms with Crippen molar-refractivity contribution in [3.05, 3.63) is 0 Å². The highest BCUT2D eigenvalue weighted by Crippen LogP contribution is 2.30. The molecule has 114 valence electrons. The minimum absolute atomic E-state index is 0.0304. The third-order valence-electron chi connectivity index (χ3n) is 3.49. The summed E-state index contributed by atoms with van der Waals surface area (Å²) in [7, 11) is 2.96. The van der Waals surface area contributed by atoms with Crippen LogP contribution in [0.5, 0.6) is 0 Å². The van der Waals surface area contributed by atoms with E-state index in [0.717, 1.165) is 0 Å². The van der Waals surface area contributed by atoms with Crippen LogP contribution in [0.15, 0.2) is 0 Å². The van der Waals surface area contributed by atoms with Gasteiger partial charge in [0.15, 0.2) is 0 Å². The first-order valence-corrected chi connectivity index (χ1v) is 6.42. The Kier molecular flexibility index (Phi) is 5.75. The smallest absolute Gasteiger partial charge is 0.317 e. The first kappa shape index (κ1) is 16.2. The van der Waals surface area contributed by atoms with Gasteiger partial charge in [0.2, 0.25) is 5.91 Å². The highest BCUT2D eigenvalue weighted by molar-refractivity contribution is 5.84. The van der Waals surface area contributed by atoms with Crippen molar-refractivity contribution in [1.82, 2.24) is 15.5 Å². The maximum Gasteiger partial charge on any atom is 0.317 e. The fourth-order valence-electron chi connectivity index (χ4n) is 1.97. The molecule has 1 aliphatic rings. The van der Waals surface area contributed by atoms with Gasteiger partial charge in [-0.3, -0.25) is 9.59 Å². The molecule has 0 radical (unpaired) electrons. The topological polar surface area (TPSA) is 108 Å². The number of carbonyl (C=O) groups is 3. The first-order chi connectivity index (χ1) is 9.41. The minimum Gasteiger partial charge on any atom is -0.481 e. The van der Waals surface area contributed by atoms with E-state index in [1.165, 1.54) is 19.0 Å². The van der Waals surface area contributed by atoms with Crippen molar-refractivity contribution in [2.45, 2.75) is 12.8 Å². The largest absolute Gasteiger partial charge is 0.481 e. The number of urea groups is 1. The average molecular weight is 287 g/mol. The van der Waals surface area contributed by atoms with Crippen molar-refractivity contribution < 1.29 is 24.2 Å². The van der Waals surface area contributed by atoms with Crippen molar-refractivity contribution >= 4 is 17.9 Å². The van der Waals surface area contributed by atoms with Crippen molar-refractivity contribution in [3.63, 3.8) is 0 Å². The van der Waals surface area contributed by atoms with Crippen LogP contribution in [0.4, 0.5) is 4.79 Å². The summed E-state index contributed by atoms with van der Waals surface area (Å²) in [4.78, 5) is 35.6. The average Bonchev–Trinajstić information content (AvgIpc) is 2.45. The van der Waals surface area contributed by atoms with Crippen LogP contribution in [0, 0.1) is 5.41 Å².